The number of benzene rings is 2. The van der Waals surface area contributed by atoms with Gasteiger partial charge < -0.3 is 0 Å². The number of carbonyl (C=O) groups is 1. The Balaban J connectivity index is 1.61. The first kappa shape index (κ1) is 22.4. The van der Waals surface area contributed by atoms with Gasteiger partial charge in [0.2, 0.25) is 0 Å². The van der Waals surface area contributed by atoms with Gasteiger partial charge >= 0.3 is 6.18 Å². The second kappa shape index (κ2) is 8.61. The summed E-state index contributed by atoms with van der Waals surface area (Å²) in [5.74, 6) is -0.368. The average Bonchev–Trinajstić information content (AvgIpc) is 3.31. The molecule has 0 saturated heterocycles. The molecule has 3 aromatic rings. The molecule has 166 valence electrons. The number of aromatic nitrogens is 2. The van der Waals surface area contributed by atoms with Crippen LogP contribution in [0.25, 0.3) is 17.0 Å². The highest BCUT2D eigenvalue weighted by molar-refractivity contribution is 8.18. The van der Waals surface area contributed by atoms with Crippen LogP contribution in [0.15, 0.2) is 52.5 Å². The van der Waals surface area contributed by atoms with Crippen molar-refractivity contribution in [3.63, 3.8) is 0 Å². The number of hydrogen-bond acceptors (Lipinski definition) is 5. The molecule has 0 fully saturated rings. The minimum absolute atomic E-state index is 0.0206. The molecule has 1 aliphatic rings. The fourth-order valence-electron chi connectivity index (χ4n) is 3.20. The van der Waals surface area contributed by atoms with Crippen molar-refractivity contribution >= 4 is 51.4 Å². The molecular weight excluding hydrogens is 465 g/mol. The summed E-state index contributed by atoms with van der Waals surface area (Å²) in [6.45, 7) is -0.0646. The maximum atomic E-state index is 13.4. The predicted molar refractivity (Wildman–Crippen MR) is 118 cm³/mol. The highest BCUT2D eigenvalue weighted by Gasteiger charge is 2.33. The van der Waals surface area contributed by atoms with Gasteiger partial charge in [-0.15, -0.1) is 0 Å². The highest BCUT2D eigenvalue weighted by Crippen LogP contribution is 2.35. The Bertz CT molecular complexity index is 1270. The first-order valence-electron chi connectivity index (χ1n) is 9.27. The molecule has 2 aromatic carbocycles. The number of halogens is 4. The fraction of sp³-hybridized carbons (Fsp3) is 0.190. The zero-order valence-corrected chi connectivity index (χ0v) is 18.4. The number of carbonyl (C=O) groups excluding carboxylic acids is 1. The smallest absolute Gasteiger partial charge is 0.275 e. The summed E-state index contributed by atoms with van der Waals surface area (Å²) in [5.41, 5.74) is 0.685. The normalized spacial score (nSPS) is 15.6. The van der Waals surface area contributed by atoms with Crippen molar-refractivity contribution in [3.05, 3.63) is 69.2 Å². The molecule has 1 amide bonds. The van der Waals surface area contributed by atoms with Crippen LogP contribution in [0.1, 0.15) is 16.7 Å². The van der Waals surface area contributed by atoms with Crippen molar-refractivity contribution < 1.29 is 22.8 Å². The molecule has 1 aliphatic heterocycles. The Morgan fingerprint density at radius 2 is 2.03 bits per heavy atom. The molecule has 1 aromatic heterocycles. The summed E-state index contributed by atoms with van der Waals surface area (Å²) < 4.78 is 41.7. The zero-order chi connectivity index (χ0) is 23.0. The van der Waals surface area contributed by atoms with Crippen molar-refractivity contribution in [1.29, 1.82) is 0 Å². The Morgan fingerprint density at radius 1 is 1.25 bits per heavy atom. The standard InChI is InChI=1S/C21H16ClF3N4O2S/c1-28(31-2)20-27-19(30)18(32-20)8-12-3-6-17-14(7-12)10-26-29(17)11-13-4-5-15(22)9-16(13)21(23,24)25/h3-10H,11H2,1-2H3. The number of fused-ring (bicyclic) bond motifs is 1. The van der Waals surface area contributed by atoms with E-state index in [0.717, 1.165) is 17.0 Å². The Labute approximate surface area is 190 Å². The molecular formula is C21H16ClF3N4O2S. The number of alkyl halides is 3. The molecule has 6 nitrogen and oxygen atoms in total. The molecule has 32 heavy (non-hydrogen) atoms. The van der Waals surface area contributed by atoms with Gasteiger partial charge in [-0.3, -0.25) is 14.3 Å². The lowest BCUT2D eigenvalue weighted by Crippen LogP contribution is -2.21. The topological polar surface area (TPSA) is 59.7 Å². The molecule has 0 saturated carbocycles. The van der Waals surface area contributed by atoms with Crippen LogP contribution in [0.5, 0.6) is 0 Å². The molecule has 0 atom stereocenters. The summed E-state index contributed by atoms with van der Waals surface area (Å²) >= 11 is 6.95. The molecule has 0 radical (unpaired) electrons. The van der Waals surface area contributed by atoms with Crippen LogP contribution >= 0.6 is 23.4 Å². The quantitative estimate of drug-likeness (QED) is 0.378. The van der Waals surface area contributed by atoms with Gasteiger partial charge in [0.1, 0.15) is 0 Å². The van der Waals surface area contributed by atoms with E-state index >= 15 is 0 Å². The van der Waals surface area contributed by atoms with E-state index in [1.807, 2.05) is 6.07 Å². The first-order valence-corrected chi connectivity index (χ1v) is 10.5. The maximum absolute atomic E-state index is 13.4. The number of amidine groups is 1. The van der Waals surface area contributed by atoms with Crippen molar-refractivity contribution in [3.8, 4) is 0 Å². The van der Waals surface area contributed by atoms with E-state index in [2.05, 4.69) is 10.1 Å². The van der Waals surface area contributed by atoms with Gasteiger partial charge in [-0.1, -0.05) is 23.7 Å². The van der Waals surface area contributed by atoms with Crippen LogP contribution in [0.3, 0.4) is 0 Å². The van der Waals surface area contributed by atoms with Crippen LogP contribution in [0.4, 0.5) is 13.2 Å². The number of rotatable bonds is 4. The molecule has 0 unspecified atom stereocenters. The number of thioether (sulfide) groups is 1. The summed E-state index contributed by atoms with van der Waals surface area (Å²) in [5, 5.41) is 6.82. The Hall–Kier alpha value is -2.82. The van der Waals surface area contributed by atoms with Gasteiger partial charge in [0, 0.05) is 17.5 Å². The summed E-state index contributed by atoms with van der Waals surface area (Å²) in [6, 6.07) is 9.03. The van der Waals surface area contributed by atoms with E-state index in [9.17, 15) is 18.0 Å². The second-order valence-electron chi connectivity index (χ2n) is 6.91. The lowest BCUT2D eigenvalue weighted by Gasteiger charge is -2.14. The minimum Gasteiger partial charge on any atom is -0.275 e. The Kier molecular flexibility index (Phi) is 6.02. The largest absolute Gasteiger partial charge is 0.416 e. The molecule has 0 aliphatic carbocycles. The molecule has 0 bridgehead atoms. The number of amides is 1. The van der Waals surface area contributed by atoms with E-state index in [-0.39, 0.29) is 23.0 Å². The SMILES string of the molecule is CON(C)C1=NC(=O)C(=Cc2ccc3c(cnn3Cc3ccc(Cl)cc3C(F)(F)F)c2)S1. The lowest BCUT2D eigenvalue weighted by molar-refractivity contribution is -0.138. The third-order valence-corrected chi connectivity index (χ3v) is 6.09. The second-order valence-corrected chi connectivity index (χ2v) is 8.36. The molecule has 2 heterocycles. The summed E-state index contributed by atoms with van der Waals surface area (Å²) in [4.78, 5) is 21.6. The average molecular weight is 481 g/mol. The predicted octanol–water partition coefficient (Wildman–Crippen LogP) is 5.22. The third-order valence-electron chi connectivity index (χ3n) is 4.81. The van der Waals surface area contributed by atoms with Crippen molar-refractivity contribution in [2.24, 2.45) is 4.99 Å². The molecule has 4 rings (SSSR count). The highest BCUT2D eigenvalue weighted by atomic mass is 35.5. The van der Waals surface area contributed by atoms with Crippen LogP contribution in [-0.4, -0.2) is 40.1 Å². The van der Waals surface area contributed by atoms with E-state index < -0.39 is 11.7 Å². The first-order chi connectivity index (χ1) is 15.2. The number of nitrogens with zero attached hydrogens (tertiary/aromatic N) is 4. The number of aliphatic imine (C=N–C) groups is 1. The van der Waals surface area contributed by atoms with Crippen LogP contribution in [0.2, 0.25) is 5.02 Å². The van der Waals surface area contributed by atoms with E-state index in [0.29, 0.717) is 15.6 Å². The maximum Gasteiger partial charge on any atom is 0.416 e. The molecule has 0 N–H and O–H groups in total. The van der Waals surface area contributed by atoms with E-state index in [4.69, 9.17) is 16.4 Å². The zero-order valence-electron chi connectivity index (χ0n) is 16.9. The van der Waals surface area contributed by atoms with Gasteiger partial charge in [-0.2, -0.15) is 23.3 Å². The molecule has 0 spiro atoms. The summed E-state index contributed by atoms with van der Waals surface area (Å²) in [6.07, 6.45) is -1.25. The summed E-state index contributed by atoms with van der Waals surface area (Å²) in [7, 11) is 3.12. The van der Waals surface area contributed by atoms with Crippen LogP contribution in [0, 0.1) is 0 Å². The Morgan fingerprint density at radius 3 is 2.75 bits per heavy atom. The van der Waals surface area contributed by atoms with E-state index in [1.165, 1.54) is 40.7 Å². The van der Waals surface area contributed by atoms with Crippen molar-refractivity contribution in [2.75, 3.05) is 14.2 Å². The number of hydrogen-bond donors (Lipinski definition) is 0. The van der Waals surface area contributed by atoms with E-state index in [1.54, 1.807) is 31.5 Å². The fourth-order valence-corrected chi connectivity index (χ4v) is 4.22. The molecule has 11 heteroatoms. The number of hydroxylamine groups is 2. The van der Waals surface area contributed by atoms with Gasteiger partial charge in [-0.05, 0) is 53.2 Å². The van der Waals surface area contributed by atoms with Crippen molar-refractivity contribution in [1.82, 2.24) is 14.8 Å². The van der Waals surface area contributed by atoms with Crippen molar-refractivity contribution in [2.45, 2.75) is 12.7 Å². The van der Waals surface area contributed by atoms with Gasteiger partial charge in [-0.25, -0.2) is 5.06 Å². The third kappa shape index (κ3) is 4.52. The monoisotopic (exact) mass is 480 g/mol. The lowest BCUT2D eigenvalue weighted by atomic mass is 10.1. The van der Waals surface area contributed by atoms with Gasteiger partial charge in [0.05, 0.1) is 35.8 Å². The van der Waals surface area contributed by atoms with Crippen LogP contribution < -0.4 is 0 Å². The van der Waals surface area contributed by atoms with Crippen LogP contribution in [-0.2, 0) is 22.4 Å². The van der Waals surface area contributed by atoms with Gasteiger partial charge in [0.25, 0.3) is 5.91 Å². The van der Waals surface area contributed by atoms with Gasteiger partial charge in [0.15, 0.2) is 5.17 Å². The minimum atomic E-state index is -4.52.